The van der Waals surface area contributed by atoms with Gasteiger partial charge in [0.05, 0.1) is 0 Å². The predicted molar refractivity (Wildman–Crippen MR) is 91.2 cm³/mol. The van der Waals surface area contributed by atoms with Gasteiger partial charge < -0.3 is 13.9 Å². The number of fused-ring (bicyclic) bond motifs is 1. The number of esters is 1. The average Bonchev–Trinajstić information content (AvgIpc) is 3.02. The molecule has 6 heteroatoms. The summed E-state index contributed by atoms with van der Waals surface area (Å²) in [6.07, 6.45) is 0.365. The Morgan fingerprint density at radius 3 is 2.71 bits per heavy atom. The van der Waals surface area contributed by atoms with E-state index in [1.165, 1.54) is 0 Å². The minimum atomic E-state index is -0.231. The van der Waals surface area contributed by atoms with Gasteiger partial charge in [-0.25, -0.2) is 4.98 Å². The Bertz CT molecular complexity index is 842. The number of benzene rings is 2. The molecule has 24 heavy (non-hydrogen) atoms. The van der Waals surface area contributed by atoms with Gasteiger partial charge in [0.2, 0.25) is 5.89 Å². The van der Waals surface area contributed by atoms with Crippen molar-refractivity contribution in [2.75, 3.05) is 13.2 Å². The molecule has 1 aromatic heterocycles. The highest BCUT2D eigenvalue weighted by molar-refractivity contribution is 6.31. The van der Waals surface area contributed by atoms with E-state index < -0.39 is 0 Å². The number of nitrogens with zero attached hydrogens (tertiary/aromatic N) is 1. The van der Waals surface area contributed by atoms with E-state index in [0.717, 1.165) is 11.1 Å². The molecule has 0 saturated carbocycles. The zero-order valence-corrected chi connectivity index (χ0v) is 13.9. The molecule has 1 heterocycles. The van der Waals surface area contributed by atoms with Crippen molar-refractivity contribution in [2.45, 2.75) is 13.3 Å². The Morgan fingerprint density at radius 1 is 1.17 bits per heavy atom. The van der Waals surface area contributed by atoms with Crippen molar-refractivity contribution in [3.05, 3.63) is 47.5 Å². The van der Waals surface area contributed by atoms with Crippen LogP contribution in [0.3, 0.4) is 0 Å². The van der Waals surface area contributed by atoms with Crippen molar-refractivity contribution in [1.29, 1.82) is 0 Å². The first kappa shape index (κ1) is 16.3. The van der Waals surface area contributed by atoms with Crippen molar-refractivity contribution in [2.24, 2.45) is 0 Å². The normalized spacial score (nSPS) is 10.8. The zero-order valence-electron chi connectivity index (χ0n) is 13.1. The lowest BCUT2D eigenvalue weighted by Gasteiger charge is -2.07. The summed E-state index contributed by atoms with van der Waals surface area (Å²) < 4.78 is 16.2. The summed E-state index contributed by atoms with van der Waals surface area (Å²) in [6.45, 7) is 2.30. The highest BCUT2D eigenvalue weighted by atomic mass is 35.5. The van der Waals surface area contributed by atoms with Crippen molar-refractivity contribution >= 4 is 28.7 Å². The smallest absolute Gasteiger partial charge is 0.305 e. The Balaban J connectivity index is 1.64. The second kappa shape index (κ2) is 7.36. The minimum Gasteiger partial charge on any atom is -0.490 e. The molecular formula is C18H16ClNO4. The van der Waals surface area contributed by atoms with Crippen LogP contribution in [0, 0.1) is 0 Å². The molecule has 3 rings (SSSR count). The monoisotopic (exact) mass is 345 g/mol. The highest BCUT2D eigenvalue weighted by Gasteiger charge is 2.09. The van der Waals surface area contributed by atoms with Crippen LogP contribution in [0.4, 0.5) is 0 Å². The number of carbonyl (C=O) groups is 1. The Hall–Kier alpha value is -2.53. The van der Waals surface area contributed by atoms with Crippen LogP contribution in [0.5, 0.6) is 5.75 Å². The minimum absolute atomic E-state index is 0.231. The van der Waals surface area contributed by atoms with Crippen LogP contribution in [0.25, 0.3) is 22.6 Å². The Kier molecular flexibility index (Phi) is 5.01. The number of oxazole rings is 1. The van der Waals surface area contributed by atoms with Gasteiger partial charge in [-0.05, 0) is 36.4 Å². The summed E-state index contributed by atoms with van der Waals surface area (Å²) in [6, 6.07) is 12.7. The molecule has 0 fully saturated rings. The van der Waals surface area contributed by atoms with Crippen LogP contribution < -0.4 is 4.74 Å². The Morgan fingerprint density at radius 2 is 1.96 bits per heavy atom. The van der Waals surface area contributed by atoms with Crippen LogP contribution in [-0.2, 0) is 9.53 Å². The van der Waals surface area contributed by atoms with Gasteiger partial charge >= 0.3 is 5.97 Å². The molecule has 124 valence electrons. The maximum Gasteiger partial charge on any atom is 0.305 e. The second-order valence-corrected chi connectivity index (χ2v) is 5.51. The molecule has 0 aliphatic rings. The van der Waals surface area contributed by atoms with Crippen LogP contribution in [0.15, 0.2) is 46.9 Å². The highest BCUT2D eigenvalue weighted by Crippen LogP contribution is 2.27. The van der Waals surface area contributed by atoms with Gasteiger partial charge in [0.25, 0.3) is 0 Å². The fourth-order valence-corrected chi connectivity index (χ4v) is 2.29. The summed E-state index contributed by atoms with van der Waals surface area (Å²) in [5.41, 5.74) is 2.25. The lowest BCUT2D eigenvalue weighted by Crippen LogP contribution is -2.11. The van der Waals surface area contributed by atoms with E-state index in [2.05, 4.69) is 4.98 Å². The molecule has 0 aliphatic heterocycles. The molecule has 0 amide bonds. The van der Waals surface area contributed by atoms with E-state index in [0.29, 0.717) is 35.3 Å². The van der Waals surface area contributed by atoms with Crippen LogP contribution in [-0.4, -0.2) is 24.2 Å². The van der Waals surface area contributed by atoms with E-state index in [9.17, 15) is 4.79 Å². The summed E-state index contributed by atoms with van der Waals surface area (Å²) in [7, 11) is 0. The molecule has 3 aromatic rings. The fourth-order valence-electron chi connectivity index (χ4n) is 2.13. The van der Waals surface area contributed by atoms with Gasteiger partial charge in [-0.1, -0.05) is 18.5 Å². The molecule has 0 bridgehead atoms. The predicted octanol–water partition coefficient (Wildman–Crippen LogP) is 4.48. The first-order valence-electron chi connectivity index (χ1n) is 7.60. The van der Waals surface area contributed by atoms with E-state index in [1.54, 1.807) is 19.1 Å². The van der Waals surface area contributed by atoms with E-state index >= 15 is 0 Å². The number of ether oxygens (including phenoxy) is 2. The molecule has 0 unspecified atom stereocenters. The standard InChI is InChI=1S/C18H16ClNO4/c1-2-17(21)23-10-9-22-14-6-3-12(4-7-14)18-20-15-8-5-13(19)11-16(15)24-18/h3-8,11H,2,9-10H2,1H3. The quantitative estimate of drug-likeness (QED) is 0.487. The first-order valence-corrected chi connectivity index (χ1v) is 7.98. The van der Waals surface area contributed by atoms with Gasteiger partial charge in [0, 0.05) is 23.1 Å². The lowest BCUT2D eigenvalue weighted by molar-refractivity contribution is -0.143. The van der Waals surface area contributed by atoms with Crippen molar-refractivity contribution in [1.82, 2.24) is 4.98 Å². The summed E-state index contributed by atoms with van der Waals surface area (Å²) in [4.78, 5) is 15.5. The fraction of sp³-hybridized carbons (Fsp3) is 0.222. The number of hydrogen-bond donors (Lipinski definition) is 0. The molecule has 0 N–H and O–H groups in total. The molecule has 0 spiro atoms. The molecule has 2 aromatic carbocycles. The van der Waals surface area contributed by atoms with E-state index in [4.69, 9.17) is 25.5 Å². The third-order valence-corrected chi connectivity index (χ3v) is 3.59. The van der Waals surface area contributed by atoms with Gasteiger partial charge in [-0.2, -0.15) is 0 Å². The number of carbonyl (C=O) groups excluding carboxylic acids is 1. The average molecular weight is 346 g/mol. The molecular weight excluding hydrogens is 330 g/mol. The number of aromatic nitrogens is 1. The van der Waals surface area contributed by atoms with E-state index in [1.807, 2.05) is 30.3 Å². The number of rotatable bonds is 6. The third-order valence-electron chi connectivity index (χ3n) is 3.36. The van der Waals surface area contributed by atoms with Crippen molar-refractivity contribution in [3.63, 3.8) is 0 Å². The van der Waals surface area contributed by atoms with Crippen LogP contribution >= 0.6 is 11.6 Å². The maximum absolute atomic E-state index is 11.0. The zero-order chi connectivity index (χ0) is 16.9. The van der Waals surface area contributed by atoms with Gasteiger partial charge in [-0.3, -0.25) is 4.79 Å². The lowest BCUT2D eigenvalue weighted by atomic mass is 10.2. The Labute approximate surface area is 144 Å². The van der Waals surface area contributed by atoms with Crippen LogP contribution in [0.2, 0.25) is 5.02 Å². The molecule has 0 atom stereocenters. The number of hydrogen-bond acceptors (Lipinski definition) is 5. The van der Waals surface area contributed by atoms with Gasteiger partial charge in [0.15, 0.2) is 5.58 Å². The topological polar surface area (TPSA) is 61.6 Å². The van der Waals surface area contributed by atoms with Gasteiger partial charge in [0.1, 0.15) is 24.5 Å². The largest absolute Gasteiger partial charge is 0.490 e. The maximum atomic E-state index is 11.0. The first-order chi connectivity index (χ1) is 11.7. The van der Waals surface area contributed by atoms with Crippen molar-refractivity contribution < 1.29 is 18.7 Å². The third kappa shape index (κ3) is 3.86. The summed E-state index contributed by atoms with van der Waals surface area (Å²) in [5, 5.41) is 0.609. The summed E-state index contributed by atoms with van der Waals surface area (Å²) in [5.74, 6) is 0.978. The molecule has 0 aliphatic carbocycles. The van der Waals surface area contributed by atoms with Gasteiger partial charge in [-0.15, -0.1) is 0 Å². The molecule has 0 radical (unpaired) electrons. The van der Waals surface area contributed by atoms with Crippen LogP contribution in [0.1, 0.15) is 13.3 Å². The SMILES string of the molecule is CCC(=O)OCCOc1ccc(-c2nc3ccc(Cl)cc3o2)cc1. The molecule has 5 nitrogen and oxygen atoms in total. The molecule has 0 saturated heterocycles. The number of halogens is 1. The van der Waals surface area contributed by atoms with Crippen molar-refractivity contribution in [3.8, 4) is 17.2 Å². The second-order valence-electron chi connectivity index (χ2n) is 5.08. The van der Waals surface area contributed by atoms with E-state index in [-0.39, 0.29) is 12.6 Å². The summed E-state index contributed by atoms with van der Waals surface area (Å²) >= 11 is 5.95.